The highest BCUT2D eigenvalue weighted by molar-refractivity contribution is 5.47. The lowest BCUT2D eigenvalue weighted by atomic mass is 10.4. The van der Waals surface area contributed by atoms with Crippen LogP contribution in [0.1, 0.15) is 0 Å². The van der Waals surface area contributed by atoms with Crippen molar-refractivity contribution in [2.75, 3.05) is 12.0 Å². The Morgan fingerprint density at radius 3 is 2.65 bits per heavy atom. The Hall–Kier alpha value is -2.10. The third-order valence-corrected chi connectivity index (χ3v) is 1.53. The minimum absolute atomic E-state index is 0.170. The monoisotopic (exact) mass is 252 g/mol. The predicted octanol–water partition coefficient (Wildman–Crippen LogP) is 1.22. The number of hydrogen-bond acceptors (Lipinski definition) is 6. The summed E-state index contributed by atoms with van der Waals surface area (Å²) in [7, 11) is 0. The lowest BCUT2D eigenvalue weighted by Crippen LogP contribution is -2.20. The number of nitrogens with two attached hydrogens (primary N) is 1. The van der Waals surface area contributed by atoms with Gasteiger partial charge in [0.1, 0.15) is 0 Å². The molecule has 10 heteroatoms. The quantitative estimate of drug-likeness (QED) is 0.474. The van der Waals surface area contributed by atoms with E-state index in [4.69, 9.17) is 5.84 Å². The van der Waals surface area contributed by atoms with Crippen LogP contribution < -0.4 is 16.0 Å². The second-order valence-corrected chi connectivity index (χ2v) is 2.85. The van der Waals surface area contributed by atoms with Crippen LogP contribution in [0.2, 0.25) is 0 Å². The molecule has 0 saturated carbocycles. The van der Waals surface area contributed by atoms with Crippen molar-refractivity contribution < 1.29 is 22.8 Å². The highest BCUT2D eigenvalue weighted by atomic mass is 19.4. The van der Waals surface area contributed by atoms with E-state index in [1.165, 1.54) is 0 Å². The summed E-state index contributed by atoms with van der Waals surface area (Å²) < 4.78 is 39.8. The first kappa shape index (κ1) is 13.0. The van der Waals surface area contributed by atoms with Gasteiger partial charge in [0.15, 0.2) is 12.4 Å². The van der Waals surface area contributed by atoms with Crippen molar-refractivity contribution in [3.05, 3.63) is 22.2 Å². The maximum atomic E-state index is 11.9. The van der Waals surface area contributed by atoms with Gasteiger partial charge in [0.25, 0.3) is 5.69 Å². The summed E-state index contributed by atoms with van der Waals surface area (Å²) in [6.07, 6.45) is -4.55. The molecule has 0 fully saturated rings. The van der Waals surface area contributed by atoms with Gasteiger partial charge in [0.2, 0.25) is 5.88 Å². The van der Waals surface area contributed by atoms with Gasteiger partial charge in [-0.3, -0.25) is 10.1 Å². The highest BCUT2D eigenvalue weighted by Crippen LogP contribution is 2.23. The number of nitrogens with one attached hydrogen (secondary N) is 1. The number of hydrazine groups is 1. The van der Waals surface area contributed by atoms with Crippen molar-refractivity contribution in [1.82, 2.24) is 4.98 Å². The molecule has 0 aromatic carbocycles. The number of anilines is 1. The molecule has 0 atom stereocenters. The molecule has 0 aliphatic carbocycles. The van der Waals surface area contributed by atoms with Gasteiger partial charge in [-0.1, -0.05) is 0 Å². The average molecular weight is 252 g/mol. The number of alkyl halides is 3. The van der Waals surface area contributed by atoms with Gasteiger partial charge in [-0.25, -0.2) is 5.84 Å². The average Bonchev–Trinajstić information content (AvgIpc) is 2.25. The van der Waals surface area contributed by atoms with Gasteiger partial charge in [0, 0.05) is 0 Å². The molecule has 0 amide bonds. The van der Waals surface area contributed by atoms with Gasteiger partial charge < -0.3 is 10.2 Å². The molecule has 94 valence electrons. The summed E-state index contributed by atoms with van der Waals surface area (Å²) in [5.74, 6) is 4.25. The zero-order valence-corrected chi connectivity index (χ0v) is 8.19. The number of hydrogen-bond donors (Lipinski definition) is 2. The highest BCUT2D eigenvalue weighted by Gasteiger charge is 2.29. The first-order valence-electron chi connectivity index (χ1n) is 4.14. The maximum Gasteiger partial charge on any atom is 0.422 e. The Morgan fingerprint density at radius 2 is 2.18 bits per heavy atom. The van der Waals surface area contributed by atoms with Gasteiger partial charge in [-0.2, -0.15) is 18.2 Å². The minimum atomic E-state index is -4.55. The minimum Gasteiger partial charge on any atom is -0.468 e. The molecule has 1 aromatic rings. The van der Waals surface area contributed by atoms with Crippen LogP contribution in [0.3, 0.4) is 0 Å². The number of pyridine rings is 1. The lowest BCUT2D eigenvalue weighted by Gasteiger charge is -2.09. The molecule has 1 heterocycles. The Labute approximate surface area is 92.5 Å². The number of nitro groups is 1. The van der Waals surface area contributed by atoms with Crippen LogP contribution in [0.25, 0.3) is 0 Å². The van der Waals surface area contributed by atoms with E-state index < -0.39 is 29.3 Å². The van der Waals surface area contributed by atoms with Crippen molar-refractivity contribution in [3.8, 4) is 5.88 Å². The van der Waals surface area contributed by atoms with E-state index in [2.05, 4.69) is 9.72 Å². The van der Waals surface area contributed by atoms with E-state index in [9.17, 15) is 23.3 Å². The van der Waals surface area contributed by atoms with Crippen molar-refractivity contribution in [2.45, 2.75) is 6.18 Å². The standard InChI is InChI=1S/C7H7F3N4O3/c8-7(9,10)3-17-6-2-4(14(15)16)1-5(12-6)13-11/h1-2H,3,11H2,(H,12,13). The fraction of sp³-hybridized carbons (Fsp3) is 0.286. The zero-order chi connectivity index (χ0) is 13.1. The topological polar surface area (TPSA) is 103 Å². The van der Waals surface area contributed by atoms with Gasteiger partial charge >= 0.3 is 6.18 Å². The molecular weight excluding hydrogens is 245 g/mol. The van der Waals surface area contributed by atoms with Gasteiger partial charge in [-0.05, 0) is 0 Å². The summed E-state index contributed by atoms with van der Waals surface area (Å²) in [5.41, 5.74) is 1.50. The molecule has 0 bridgehead atoms. The molecule has 0 saturated heterocycles. The Kier molecular flexibility index (Phi) is 3.68. The number of nitrogen functional groups attached to an aromatic ring is 1. The molecule has 1 aromatic heterocycles. The molecule has 0 aliphatic rings. The van der Waals surface area contributed by atoms with Crippen LogP contribution in [0.4, 0.5) is 24.7 Å². The SMILES string of the molecule is NNc1cc([N+](=O)[O-])cc(OCC(F)(F)F)n1. The largest absolute Gasteiger partial charge is 0.468 e. The number of ether oxygens (including phenoxy) is 1. The second kappa shape index (κ2) is 4.82. The van der Waals surface area contributed by atoms with Gasteiger partial charge in [-0.15, -0.1) is 0 Å². The second-order valence-electron chi connectivity index (χ2n) is 2.85. The molecule has 17 heavy (non-hydrogen) atoms. The molecule has 0 unspecified atom stereocenters. The number of halogens is 3. The molecule has 1 rings (SSSR count). The van der Waals surface area contributed by atoms with E-state index in [0.717, 1.165) is 12.1 Å². The maximum absolute atomic E-state index is 11.9. The number of nitrogens with zero attached hydrogens (tertiary/aromatic N) is 2. The molecule has 0 aliphatic heterocycles. The van der Waals surface area contributed by atoms with Crippen LogP contribution in [0.15, 0.2) is 12.1 Å². The van der Waals surface area contributed by atoms with E-state index in [0.29, 0.717) is 0 Å². The zero-order valence-electron chi connectivity index (χ0n) is 8.19. The molecule has 0 spiro atoms. The molecule has 7 nitrogen and oxygen atoms in total. The molecule has 3 N–H and O–H groups in total. The van der Waals surface area contributed by atoms with E-state index in [-0.39, 0.29) is 5.82 Å². The summed E-state index contributed by atoms with van der Waals surface area (Å²) >= 11 is 0. The first-order valence-corrected chi connectivity index (χ1v) is 4.14. The summed E-state index contributed by atoms with van der Waals surface area (Å²) in [5, 5.41) is 10.5. The normalized spacial score (nSPS) is 11.1. The van der Waals surface area contributed by atoms with Crippen LogP contribution in [-0.4, -0.2) is 22.7 Å². The summed E-state index contributed by atoms with van der Waals surface area (Å²) in [4.78, 5) is 13.1. The lowest BCUT2D eigenvalue weighted by molar-refractivity contribution is -0.385. The predicted molar refractivity (Wildman–Crippen MR) is 50.3 cm³/mol. The number of aromatic nitrogens is 1. The smallest absolute Gasteiger partial charge is 0.422 e. The fourth-order valence-corrected chi connectivity index (χ4v) is 0.901. The summed E-state index contributed by atoms with van der Waals surface area (Å²) in [6.45, 7) is -1.59. The van der Waals surface area contributed by atoms with E-state index in [1.807, 2.05) is 5.43 Å². The van der Waals surface area contributed by atoms with Crippen LogP contribution in [-0.2, 0) is 0 Å². The van der Waals surface area contributed by atoms with Crippen molar-refractivity contribution >= 4 is 11.5 Å². The third kappa shape index (κ3) is 4.10. The fourth-order valence-electron chi connectivity index (χ4n) is 0.901. The van der Waals surface area contributed by atoms with Gasteiger partial charge in [0.05, 0.1) is 17.1 Å². The third-order valence-electron chi connectivity index (χ3n) is 1.53. The van der Waals surface area contributed by atoms with Crippen LogP contribution in [0, 0.1) is 10.1 Å². The first-order chi connectivity index (χ1) is 7.81. The Balaban J connectivity index is 2.91. The van der Waals surface area contributed by atoms with E-state index in [1.54, 1.807) is 0 Å². The molecular formula is C7H7F3N4O3. The van der Waals surface area contributed by atoms with Crippen molar-refractivity contribution in [2.24, 2.45) is 5.84 Å². The molecule has 0 radical (unpaired) electrons. The van der Waals surface area contributed by atoms with Crippen molar-refractivity contribution in [1.29, 1.82) is 0 Å². The Bertz CT molecular complexity index is 423. The van der Waals surface area contributed by atoms with E-state index >= 15 is 0 Å². The van der Waals surface area contributed by atoms with Crippen LogP contribution in [0.5, 0.6) is 5.88 Å². The van der Waals surface area contributed by atoms with Crippen LogP contribution >= 0.6 is 0 Å². The van der Waals surface area contributed by atoms with Crippen molar-refractivity contribution in [3.63, 3.8) is 0 Å². The Morgan fingerprint density at radius 1 is 1.53 bits per heavy atom. The number of rotatable bonds is 4. The summed E-state index contributed by atoms with van der Waals surface area (Å²) in [6, 6.07) is 1.73.